The summed E-state index contributed by atoms with van der Waals surface area (Å²) in [5, 5.41) is 5.92. The summed E-state index contributed by atoms with van der Waals surface area (Å²) in [5.74, 6) is -0.428. The van der Waals surface area contributed by atoms with Crippen LogP contribution in [-0.2, 0) is 4.79 Å². The van der Waals surface area contributed by atoms with Gasteiger partial charge in [0.2, 0.25) is 5.91 Å². The van der Waals surface area contributed by atoms with E-state index in [0.717, 1.165) is 15.7 Å². The Labute approximate surface area is 131 Å². The van der Waals surface area contributed by atoms with Crippen LogP contribution < -0.4 is 10.6 Å². The molecule has 0 radical (unpaired) electrons. The molecule has 2 N–H and O–H groups in total. The molecule has 0 aliphatic rings. The number of anilines is 2. The Bertz CT molecular complexity index is 629. The lowest BCUT2D eigenvalue weighted by atomic mass is 10.2. The van der Waals surface area contributed by atoms with Gasteiger partial charge in [0.05, 0.1) is 0 Å². The van der Waals surface area contributed by atoms with Crippen molar-refractivity contribution in [2.45, 2.75) is 13.3 Å². The van der Waals surface area contributed by atoms with E-state index >= 15 is 0 Å². The fourth-order valence-corrected chi connectivity index (χ4v) is 2.08. The molecule has 0 unspecified atom stereocenters. The van der Waals surface area contributed by atoms with E-state index in [1.54, 1.807) is 12.1 Å². The number of carbonyl (C=O) groups excluding carboxylic acids is 1. The van der Waals surface area contributed by atoms with Gasteiger partial charge in [-0.2, -0.15) is 0 Å². The van der Waals surface area contributed by atoms with E-state index in [1.165, 1.54) is 12.1 Å². The highest BCUT2D eigenvalue weighted by molar-refractivity contribution is 9.10. The quantitative estimate of drug-likeness (QED) is 0.842. The molecule has 5 heteroatoms. The molecule has 1 amide bonds. The molecule has 110 valence electrons. The van der Waals surface area contributed by atoms with Crippen molar-refractivity contribution < 1.29 is 9.18 Å². The van der Waals surface area contributed by atoms with Crippen LogP contribution in [-0.4, -0.2) is 12.5 Å². The van der Waals surface area contributed by atoms with Crippen LogP contribution >= 0.6 is 15.9 Å². The first-order chi connectivity index (χ1) is 10.0. The van der Waals surface area contributed by atoms with E-state index in [-0.39, 0.29) is 11.7 Å². The molecule has 0 fully saturated rings. The Morgan fingerprint density at radius 1 is 1.14 bits per heavy atom. The number of rotatable bonds is 5. The summed E-state index contributed by atoms with van der Waals surface area (Å²) in [7, 11) is 0. The van der Waals surface area contributed by atoms with Gasteiger partial charge >= 0.3 is 0 Å². The molecule has 2 rings (SSSR count). The predicted molar refractivity (Wildman–Crippen MR) is 87.0 cm³/mol. The van der Waals surface area contributed by atoms with Crippen molar-refractivity contribution in [3.63, 3.8) is 0 Å². The Morgan fingerprint density at radius 3 is 2.48 bits per heavy atom. The van der Waals surface area contributed by atoms with Crippen molar-refractivity contribution >= 4 is 33.2 Å². The number of hydrogen-bond acceptors (Lipinski definition) is 2. The van der Waals surface area contributed by atoms with Crippen LogP contribution in [0.3, 0.4) is 0 Å². The second-order valence-corrected chi connectivity index (χ2v) is 5.55. The van der Waals surface area contributed by atoms with Gasteiger partial charge in [-0.15, -0.1) is 0 Å². The molecular formula is C16H16BrFN2O. The summed E-state index contributed by atoms with van der Waals surface area (Å²) in [6.45, 7) is 2.55. The van der Waals surface area contributed by atoms with Crippen molar-refractivity contribution in [3.8, 4) is 0 Å². The second kappa shape index (κ2) is 7.22. The maximum Gasteiger partial charge on any atom is 0.226 e. The van der Waals surface area contributed by atoms with E-state index in [0.29, 0.717) is 18.7 Å². The Balaban J connectivity index is 1.78. The average molecular weight is 351 g/mol. The van der Waals surface area contributed by atoms with Crippen LogP contribution in [0.5, 0.6) is 0 Å². The second-order valence-electron chi connectivity index (χ2n) is 4.70. The summed E-state index contributed by atoms with van der Waals surface area (Å²) in [5.41, 5.74) is 2.71. The fourth-order valence-electron chi connectivity index (χ4n) is 1.83. The van der Waals surface area contributed by atoms with Crippen LogP contribution in [0.4, 0.5) is 15.8 Å². The first-order valence-corrected chi connectivity index (χ1v) is 7.39. The number of amides is 1. The standard InChI is InChI=1S/C16H16BrFN2O/c1-11-10-14(6-7-15(11)17)19-9-8-16(21)20-13-4-2-12(18)3-5-13/h2-7,10,19H,8-9H2,1H3,(H,20,21). The third-order valence-corrected chi connectivity index (χ3v) is 3.86. The van der Waals surface area contributed by atoms with Gasteiger partial charge in [0.15, 0.2) is 0 Å². The molecule has 3 nitrogen and oxygen atoms in total. The van der Waals surface area contributed by atoms with Gasteiger partial charge in [-0.25, -0.2) is 4.39 Å². The van der Waals surface area contributed by atoms with Crippen molar-refractivity contribution in [2.24, 2.45) is 0 Å². The molecule has 2 aromatic rings. The van der Waals surface area contributed by atoms with Gasteiger partial charge in [-0.1, -0.05) is 15.9 Å². The zero-order chi connectivity index (χ0) is 15.2. The topological polar surface area (TPSA) is 41.1 Å². The van der Waals surface area contributed by atoms with Gasteiger partial charge in [-0.05, 0) is 55.0 Å². The summed E-state index contributed by atoms with van der Waals surface area (Å²) in [6, 6.07) is 11.7. The molecule has 0 spiro atoms. The highest BCUT2D eigenvalue weighted by Gasteiger charge is 2.03. The van der Waals surface area contributed by atoms with E-state index in [1.807, 2.05) is 25.1 Å². The molecule has 0 heterocycles. The zero-order valence-corrected chi connectivity index (χ0v) is 13.2. The SMILES string of the molecule is Cc1cc(NCCC(=O)Nc2ccc(F)cc2)ccc1Br. The van der Waals surface area contributed by atoms with E-state index in [2.05, 4.69) is 26.6 Å². The monoisotopic (exact) mass is 350 g/mol. The predicted octanol–water partition coefficient (Wildman–Crippen LogP) is 4.34. The number of halogens is 2. The molecule has 0 aromatic heterocycles. The highest BCUT2D eigenvalue weighted by Crippen LogP contribution is 2.19. The smallest absolute Gasteiger partial charge is 0.226 e. The molecular weight excluding hydrogens is 335 g/mol. The minimum Gasteiger partial charge on any atom is -0.385 e. The lowest BCUT2D eigenvalue weighted by Gasteiger charge is -2.09. The summed E-state index contributed by atoms with van der Waals surface area (Å²) < 4.78 is 13.8. The van der Waals surface area contributed by atoms with Crippen molar-refractivity contribution in [2.75, 3.05) is 17.2 Å². The first kappa shape index (κ1) is 15.5. The number of nitrogens with one attached hydrogen (secondary N) is 2. The molecule has 2 aromatic carbocycles. The summed E-state index contributed by atoms with van der Waals surface area (Å²) in [6.07, 6.45) is 0.340. The molecule has 0 aliphatic carbocycles. The number of aryl methyl sites for hydroxylation is 1. The Hall–Kier alpha value is -1.88. The lowest BCUT2D eigenvalue weighted by molar-refractivity contribution is -0.115. The third kappa shape index (κ3) is 4.86. The van der Waals surface area contributed by atoms with Gasteiger partial charge in [-0.3, -0.25) is 4.79 Å². The fraction of sp³-hybridized carbons (Fsp3) is 0.188. The molecule has 0 atom stereocenters. The number of carbonyl (C=O) groups is 1. The van der Waals surface area contributed by atoms with Crippen LogP contribution in [0, 0.1) is 12.7 Å². The zero-order valence-electron chi connectivity index (χ0n) is 11.6. The molecule has 0 saturated heterocycles. The Morgan fingerprint density at radius 2 is 1.81 bits per heavy atom. The normalized spacial score (nSPS) is 10.2. The molecule has 0 saturated carbocycles. The van der Waals surface area contributed by atoms with Gasteiger partial charge < -0.3 is 10.6 Å². The van der Waals surface area contributed by atoms with Gasteiger partial charge in [0.1, 0.15) is 5.82 Å². The highest BCUT2D eigenvalue weighted by atomic mass is 79.9. The van der Waals surface area contributed by atoms with Crippen molar-refractivity contribution in [3.05, 3.63) is 58.3 Å². The van der Waals surface area contributed by atoms with Crippen LogP contribution in [0.15, 0.2) is 46.9 Å². The van der Waals surface area contributed by atoms with E-state index in [9.17, 15) is 9.18 Å². The van der Waals surface area contributed by atoms with E-state index < -0.39 is 0 Å². The summed E-state index contributed by atoms with van der Waals surface area (Å²) >= 11 is 3.44. The maximum atomic E-state index is 12.7. The Kier molecular flexibility index (Phi) is 5.33. The average Bonchev–Trinajstić information content (AvgIpc) is 2.45. The molecule has 0 aliphatic heterocycles. The first-order valence-electron chi connectivity index (χ1n) is 6.60. The number of benzene rings is 2. The lowest BCUT2D eigenvalue weighted by Crippen LogP contribution is -2.16. The van der Waals surface area contributed by atoms with Gasteiger partial charge in [0.25, 0.3) is 0 Å². The van der Waals surface area contributed by atoms with Crippen LogP contribution in [0.25, 0.3) is 0 Å². The van der Waals surface area contributed by atoms with Crippen LogP contribution in [0.2, 0.25) is 0 Å². The largest absolute Gasteiger partial charge is 0.385 e. The minimum absolute atomic E-state index is 0.108. The minimum atomic E-state index is -0.319. The van der Waals surface area contributed by atoms with Crippen LogP contribution in [0.1, 0.15) is 12.0 Å². The molecule has 0 bridgehead atoms. The molecule has 21 heavy (non-hydrogen) atoms. The summed E-state index contributed by atoms with van der Waals surface area (Å²) in [4.78, 5) is 11.8. The van der Waals surface area contributed by atoms with E-state index in [4.69, 9.17) is 0 Å². The van der Waals surface area contributed by atoms with Gasteiger partial charge in [0, 0.05) is 28.8 Å². The maximum absolute atomic E-state index is 12.7. The van der Waals surface area contributed by atoms with Crippen molar-refractivity contribution in [1.82, 2.24) is 0 Å². The third-order valence-electron chi connectivity index (χ3n) is 2.97. The van der Waals surface area contributed by atoms with Crippen molar-refractivity contribution in [1.29, 1.82) is 0 Å². The number of hydrogen-bond donors (Lipinski definition) is 2.